The van der Waals surface area contributed by atoms with Crippen molar-refractivity contribution >= 4 is 21.8 Å². The van der Waals surface area contributed by atoms with Crippen LogP contribution in [0.5, 0.6) is 11.5 Å². The maximum atomic E-state index is 14.6. The van der Waals surface area contributed by atoms with Crippen LogP contribution in [-0.2, 0) is 13.1 Å². The maximum Gasteiger partial charge on any atom is 0.261 e. The van der Waals surface area contributed by atoms with Gasteiger partial charge in [0, 0.05) is 25.2 Å². The number of ether oxygens (including phenoxy) is 2. The van der Waals surface area contributed by atoms with E-state index in [1.54, 1.807) is 21.3 Å². The van der Waals surface area contributed by atoms with Crippen LogP contribution >= 0.6 is 0 Å². The molecule has 2 aromatic heterocycles. The Bertz CT molecular complexity index is 1800. The number of likely N-dealkylation sites (tertiary alicyclic amines) is 2. The lowest BCUT2D eigenvalue weighted by Crippen LogP contribution is -2.38. The fraction of sp³-hybridized carbons (Fsp3) is 0.600. The molecule has 0 unspecified atom stereocenters. The predicted molar refractivity (Wildman–Crippen MR) is 203 cm³/mol. The summed E-state index contributed by atoms with van der Waals surface area (Å²) >= 11 is 0. The van der Waals surface area contributed by atoms with Gasteiger partial charge in [0.2, 0.25) is 0 Å². The molecule has 4 aromatic rings. The largest absolute Gasteiger partial charge is 0.497 e. The Morgan fingerprint density at radius 1 is 0.615 bits per heavy atom. The highest BCUT2D eigenvalue weighted by Gasteiger charge is 2.29. The predicted octanol–water partition coefficient (Wildman–Crippen LogP) is 7.78. The number of fused-ring (bicyclic) bond motifs is 2. The van der Waals surface area contributed by atoms with Gasteiger partial charge in [-0.15, -0.1) is 0 Å². The van der Waals surface area contributed by atoms with E-state index in [2.05, 4.69) is 33.6 Å². The van der Waals surface area contributed by atoms with Gasteiger partial charge in [0.15, 0.2) is 11.6 Å². The fourth-order valence-electron chi connectivity index (χ4n) is 7.86. The third-order valence-corrected chi connectivity index (χ3v) is 10.5. The van der Waals surface area contributed by atoms with Gasteiger partial charge >= 0.3 is 0 Å². The van der Waals surface area contributed by atoms with E-state index in [4.69, 9.17) is 9.47 Å². The topological polar surface area (TPSA) is 94.7 Å². The first-order valence-corrected chi connectivity index (χ1v) is 19.2. The first-order valence-electron chi connectivity index (χ1n) is 19.2. The Morgan fingerprint density at radius 3 is 1.29 bits per heavy atom. The van der Waals surface area contributed by atoms with Crippen molar-refractivity contribution < 1.29 is 18.3 Å². The highest BCUT2D eigenvalue weighted by molar-refractivity contribution is 5.81. The van der Waals surface area contributed by atoms with Crippen molar-refractivity contribution in [3.8, 4) is 11.5 Å². The summed E-state index contributed by atoms with van der Waals surface area (Å²) in [4.78, 5) is 40.3. The second kappa shape index (κ2) is 18.2. The number of hydrogen-bond acceptors (Lipinski definition) is 8. The molecule has 2 aliphatic rings. The van der Waals surface area contributed by atoms with Crippen LogP contribution in [0.3, 0.4) is 0 Å². The molecule has 0 N–H and O–H groups in total. The molecule has 0 amide bonds. The van der Waals surface area contributed by atoms with Gasteiger partial charge in [-0.05, 0) is 90.7 Å². The third-order valence-electron chi connectivity index (χ3n) is 10.5. The van der Waals surface area contributed by atoms with Crippen LogP contribution in [0.15, 0.2) is 33.9 Å². The van der Waals surface area contributed by atoms with Gasteiger partial charge in [-0.2, -0.15) is 0 Å². The lowest BCUT2D eigenvalue weighted by atomic mass is 10.0. The number of piperidine rings is 2. The van der Waals surface area contributed by atoms with Gasteiger partial charge < -0.3 is 9.47 Å². The molecule has 12 heteroatoms. The number of nitrogens with zero attached hydrogens (tertiary/aromatic N) is 6. The molecule has 2 saturated heterocycles. The fourth-order valence-corrected chi connectivity index (χ4v) is 7.86. The van der Waals surface area contributed by atoms with E-state index >= 15 is 0 Å². The number of halogens is 2. The number of benzene rings is 2. The Morgan fingerprint density at radius 2 is 0.981 bits per heavy atom. The number of aromatic nitrogens is 4. The molecule has 0 spiro atoms. The molecule has 2 aromatic carbocycles. The molecule has 4 heterocycles. The van der Waals surface area contributed by atoms with Crippen LogP contribution in [0, 0.1) is 11.6 Å². The van der Waals surface area contributed by atoms with E-state index in [9.17, 15) is 18.4 Å². The van der Waals surface area contributed by atoms with Gasteiger partial charge in [0.25, 0.3) is 11.1 Å². The lowest BCUT2D eigenvalue weighted by molar-refractivity contribution is 0.144. The molecule has 2 fully saturated rings. The molecule has 0 aliphatic carbocycles. The summed E-state index contributed by atoms with van der Waals surface area (Å²) in [6, 6.07) is 5.87. The third kappa shape index (κ3) is 8.33. The van der Waals surface area contributed by atoms with E-state index < -0.39 is 11.6 Å². The summed E-state index contributed by atoms with van der Waals surface area (Å²) in [6.45, 7) is 13.2. The van der Waals surface area contributed by atoms with Crippen LogP contribution in [0.1, 0.15) is 116 Å². The molecule has 6 rings (SSSR count). The molecular weight excluding hydrogens is 666 g/mol. The average molecular weight is 723 g/mol. The Labute approximate surface area is 305 Å². The SMILES string of the molecule is CCC[C@@H](c1nc2c(F)cc(OC)cc2c(=O)n1CC)N1CCCCC1.CCC[C@H](c1nc2c(F)cc(OC)cc2c(=O)n1CC)N1CCCCC1. The second-order valence-corrected chi connectivity index (χ2v) is 13.9. The lowest BCUT2D eigenvalue weighted by Gasteiger charge is -2.35. The van der Waals surface area contributed by atoms with Crippen molar-refractivity contribution in [3.63, 3.8) is 0 Å². The van der Waals surface area contributed by atoms with Crippen molar-refractivity contribution in [2.45, 2.75) is 117 Å². The van der Waals surface area contributed by atoms with Crippen LogP contribution in [0.2, 0.25) is 0 Å². The van der Waals surface area contributed by atoms with Crippen molar-refractivity contribution in [1.29, 1.82) is 0 Å². The number of rotatable bonds is 12. The molecule has 0 bridgehead atoms. The van der Waals surface area contributed by atoms with Crippen molar-refractivity contribution in [2.24, 2.45) is 0 Å². The summed E-state index contributed by atoms with van der Waals surface area (Å²) in [5, 5.41) is 0.558. The van der Waals surface area contributed by atoms with Gasteiger partial charge in [0.1, 0.15) is 34.2 Å². The van der Waals surface area contributed by atoms with E-state index in [-0.39, 0.29) is 45.0 Å². The first kappa shape index (κ1) is 39.3. The Hall–Kier alpha value is -3.90. The van der Waals surface area contributed by atoms with Crippen LogP contribution in [0.4, 0.5) is 8.78 Å². The van der Waals surface area contributed by atoms with Gasteiger partial charge in [-0.1, -0.05) is 39.5 Å². The zero-order valence-corrected chi connectivity index (χ0v) is 31.9. The molecule has 0 saturated carbocycles. The Kier molecular flexibility index (Phi) is 13.8. The molecular formula is C40H56F2N6O4. The van der Waals surface area contributed by atoms with Crippen LogP contribution in [-0.4, -0.2) is 69.3 Å². The Balaban J connectivity index is 0.000000201. The van der Waals surface area contributed by atoms with Crippen LogP contribution in [0.25, 0.3) is 21.8 Å². The standard InChI is InChI=1S/2C20H28FN3O2/c2*1-4-9-17(23-10-7-6-8-11-23)19-22-18-15(20(25)24(19)5-2)12-14(26-3)13-16(18)21/h2*12-13,17H,4-11H2,1-3H3/t2*17-/m10/s1. The number of methoxy groups -OCH3 is 2. The normalized spacial score (nSPS) is 16.8. The van der Waals surface area contributed by atoms with E-state index in [1.165, 1.54) is 39.2 Å². The minimum atomic E-state index is -0.505. The highest BCUT2D eigenvalue weighted by atomic mass is 19.1. The van der Waals surface area contributed by atoms with Crippen molar-refractivity contribution in [2.75, 3.05) is 40.4 Å². The quantitative estimate of drug-likeness (QED) is 0.146. The van der Waals surface area contributed by atoms with Gasteiger partial charge in [-0.3, -0.25) is 28.5 Å². The number of hydrogen-bond donors (Lipinski definition) is 0. The second-order valence-electron chi connectivity index (χ2n) is 13.9. The van der Waals surface area contributed by atoms with Crippen molar-refractivity contribution in [1.82, 2.24) is 28.9 Å². The summed E-state index contributed by atoms with van der Waals surface area (Å²) in [7, 11) is 2.93. The minimum Gasteiger partial charge on any atom is -0.497 e. The van der Waals surface area contributed by atoms with E-state index in [0.29, 0.717) is 36.2 Å². The monoisotopic (exact) mass is 722 g/mol. The van der Waals surface area contributed by atoms with E-state index in [1.807, 2.05) is 13.8 Å². The van der Waals surface area contributed by atoms with Gasteiger partial charge in [0.05, 0.1) is 37.1 Å². The zero-order valence-electron chi connectivity index (χ0n) is 31.9. The molecule has 2 atom stereocenters. The van der Waals surface area contributed by atoms with Gasteiger partial charge in [-0.25, -0.2) is 18.7 Å². The average Bonchev–Trinajstić information content (AvgIpc) is 3.17. The molecule has 52 heavy (non-hydrogen) atoms. The summed E-state index contributed by atoms with van der Waals surface area (Å²) in [5.41, 5.74) is -0.0888. The molecule has 2 aliphatic heterocycles. The molecule has 0 radical (unpaired) electrons. The smallest absolute Gasteiger partial charge is 0.261 e. The maximum absolute atomic E-state index is 14.6. The molecule has 10 nitrogen and oxygen atoms in total. The van der Waals surface area contributed by atoms with E-state index in [0.717, 1.165) is 77.5 Å². The summed E-state index contributed by atoms with van der Waals surface area (Å²) < 4.78 is 42.9. The highest BCUT2D eigenvalue weighted by Crippen LogP contribution is 2.31. The minimum absolute atomic E-state index is 0.0545. The summed E-state index contributed by atoms with van der Waals surface area (Å²) in [5.74, 6) is 1.05. The van der Waals surface area contributed by atoms with Crippen molar-refractivity contribution in [3.05, 3.63) is 68.3 Å². The first-order chi connectivity index (χ1) is 25.2. The molecule has 284 valence electrons. The van der Waals surface area contributed by atoms with Crippen LogP contribution < -0.4 is 20.6 Å². The summed E-state index contributed by atoms with van der Waals surface area (Å²) in [6.07, 6.45) is 10.9. The zero-order chi connectivity index (χ0) is 37.4.